The maximum atomic E-state index is 10.5. The first-order valence-electron chi connectivity index (χ1n) is 5.28. The Morgan fingerprint density at radius 1 is 1.40 bits per heavy atom. The molecule has 0 aliphatic carbocycles. The van der Waals surface area contributed by atoms with Gasteiger partial charge in [-0.15, -0.1) is 0 Å². The second-order valence-corrected chi connectivity index (χ2v) is 3.78. The smallest absolute Gasteiger partial charge is 0.335 e. The molecule has 0 aliphatic heterocycles. The van der Waals surface area contributed by atoms with Gasteiger partial charge in [-0.3, -0.25) is 0 Å². The van der Waals surface area contributed by atoms with Crippen LogP contribution in [0.25, 0.3) is 0 Å². The van der Waals surface area contributed by atoms with Crippen molar-refractivity contribution in [3.8, 4) is 0 Å². The van der Waals surface area contributed by atoms with Gasteiger partial charge in [0.1, 0.15) is 0 Å². The molecule has 0 radical (unpaired) electrons. The zero-order valence-corrected chi connectivity index (χ0v) is 9.62. The Bertz CT molecular complexity index is 274. The molecule has 1 atom stereocenters. The number of aliphatic carboxylic acids is 1. The van der Waals surface area contributed by atoms with Gasteiger partial charge in [0.25, 0.3) is 0 Å². The standard InChI is InChI=1S/C13H20O2/c1-5-6-7-10(2)11(3)8-9-12(4)13(14)15/h8-10H,3-7H2,1-2H3,(H,14,15)/b9-8-. The van der Waals surface area contributed by atoms with Crippen LogP contribution in [0.4, 0.5) is 0 Å². The van der Waals surface area contributed by atoms with Gasteiger partial charge in [0, 0.05) is 0 Å². The molecule has 2 heteroatoms. The predicted octanol–water partition coefficient (Wildman–Crippen LogP) is 3.57. The van der Waals surface area contributed by atoms with E-state index in [1.807, 2.05) is 0 Å². The van der Waals surface area contributed by atoms with E-state index in [2.05, 4.69) is 27.0 Å². The van der Waals surface area contributed by atoms with Crippen molar-refractivity contribution in [2.75, 3.05) is 0 Å². The molecule has 1 N–H and O–H groups in total. The minimum Gasteiger partial charge on any atom is -0.478 e. The minimum atomic E-state index is -0.986. The SMILES string of the molecule is C=C(/C=C\C(=C)C(C)CCCC)C(=O)O. The average Bonchev–Trinajstić information content (AvgIpc) is 2.21. The van der Waals surface area contributed by atoms with Crippen LogP contribution in [0.15, 0.2) is 36.5 Å². The number of unbranched alkanes of at least 4 members (excludes halogenated alkanes) is 1. The molecule has 0 rings (SSSR count). The van der Waals surface area contributed by atoms with Gasteiger partial charge in [0.15, 0.2) is 0 Å². The maximum absolute atomic E-state index is 10.5. The summed E-state index contributed by atoms with van der Waals surface area (Å²) >= 11 is 0. The Morgan fingerprint density at radius 2 is 2.00 bits per heavy atom. The third-order valence-electron chi connectivity index (χ3n) is 2.40. The van der Waals surface area contributed by atoms with Gasteiger partial charge in [-0.25, -0.2) is 4.79 Å². The molecule has 84 valence electrons. The summed E-state index contributed by atoms with van der Waals surface area (Å²) in [7, 11) is 0. The molecule has 2 nitrogen and oxygen atoms in total. The van der Waals surface area contributed by atoms with Crippen LogP contribution in [0, 0.1) is 5.92 Å². The lowest BCUT2D eigenvalue weighted by atomic mass is 9.96. The first-order chi connectivity index (χ1) is 6.99. The fraction of sp³-hybridized carbons (Fsp3) is 0.462. The van der Waals surface area contributed by atoms with Crippen molar-refractivity contribution in [2.24, 2.45) is 5.92 Å². The number of hydrogen-bond donors (Lipinski definition) is 1. The van der Waals surface area contributed by atoms with E-state index >= 15 is 0 Å². The molecule has 0 fully saturated rings. The Labute approximate surface area is 92.0 Å². The van der Waals surface area contributed by atoms with Crippen LogP contribution in [-0.2, 0) is 4.79 Å². The van der Waals surface area contributed by atoms with Gasteiger partial charge < -0.3 is 5.11 Å². The minimum absolute atomic E-state index is 0.0961. The molecule has 0 saturated carbocycles. The van der Waals surface area contributed by atoms with Crippen molar-refractivity contribution in [2.45, 2.75) is 33.1 Å². The highest BCUT2D eigenvalue weighted by Crippen LogP contribution is 2.17. The largest absolute Gasteiger partial charge is 0.478 e. The summed E-state index contributed by atoms with van der Waals surface area (Å²) in [5.41, 5.74) is 1.06. The van der Waals surface area contributed by atoms with Crippen LogP contribution >= 0.6 is 0 Å². The highest BCUT2D eigenvalue weighted by Gasteiger charge is 2.04. The lowest BCUT2D eigenvalue weighted by Gasteiger charge is -2.10. The van der Waals surface area contributed by atoms with E-state index < -0.39 is 5.97 Å². The molecule has 0 spiro atoms. The molecule has 0 amide bonds. The Balaban J connectivity index is 4.12. The van der Waals surface area contributed by atoms with Crippen LogP contribution in [0.3, 0.4) is 0 Å². The van der Waals surface area contributed by atoms with Crippen molar-refractivity contribution in [3.05, 3.63) is 36.5 Å². The van der Waals surface area contributed by atoms with Crippen molar-refractivity contribution in [1.29, 1.82) is 0 Å². The molecule has 15 heavy (non-hydrogen) atoms. The third-order valence-corrected chi connectivity index (χ3v) is 2.40. The first-order valence-corrected chi connectivity index (χ1v) is 5.28. The number of allylic oxidation sites excluding steroid dienone is 2. The van der Waals surface area contributed by atoms with Crippen LogP contribution in [-0.4, -0.2) is 11.1 Å². The molecule has 0 aromatic carbocycles. The molecular weight excluding hydrogens is 188 g/mol. The number of hydrogen-bond acceptors (Lipinski definition) is 1. The van der Waals surface area contributed by atoms with Gasteiger partial charge in [-0.2, -0.15) is 0 Å². The fourth-order valence-corrected chi connectivity index (χ4v) is 1.14. The fourth-order valence-electron chi connectivity index (χ4n) is 1.14. The Morgan fingerprint density at radius 3 is 2.47 bits per heavy atom. The van der Waals surface area contributed by atoms with Crippen LogP contribution < -0.4 is 0 Å². The molecule has 1 unspecified atom stereocenters. The number of carbonyl (C=O) groups is 1. The monoisotopic (exact) mass is 208 g/mol. The van der Waals surface area contributed by atoms with Crippen molar-refractivity contribution < 1.29 is 9.90 Å². The summed E-state index contributed by atoms with van der Waals surface area (Å²) in [6, 6.07) is 0. The molecule has 0 aromatic rings. The molecule has 0 aliphatic rings. The van der Waals surface area contributed by atoms with E-state index in [0.29, 0.717) is 5.92 Å². The zero-order chi connectivity index (χ0) is 11.8. The first kappa shape index (κ1) is 13.7. The number of carboxylic acid groups (broad SMARTS) is 1. The number of carboxylic acids is 1. The van der Waals surface area contributed by atoms with E-state index in [-0.39, 0.29) is 5.57 Å². The van der Waals surface area contributed by atoms with E-state index in [1.54, 1.807) is 6.08 Å². The summed E-state index contributed by atoms with van der Waals surface area (Å²) in [5.74, 6) is -0.581. The van der Waals surface area contributed by atoms with E-state index in [0.717, 1.165) is 12.0 Å². The lowest BCUT2D eigenvalue weighted by molar-refractivity contribution is -0.132. The predicted molar refractivity (Wildman–Crippen MR) is 63.7 cm³/mol. The van der Waals surface area contributed by atoms with Crippen molar-refractivity contribution in [3.63, 3.8) is 0 Å². The van der Waals surface area contributed by atoms with Crippen LogP contribution in [0.5, 0.6) is 0 Å². The molecule has 0 bridgehead atoms. The third kappa shape index (κ3) is 5.89. The topological polar surface area (TPSA) is 37.3 Å². The highest BCUT2D eigenvalue weighted by atomic mass is 16.4. The summed E-state index contributed by atoms with van der Waals surface area (Å²) in [6.45, 7) is 11.6. The second kappa shape index (κ2) is 7.04. The lowest BCUT2D eigenvalue weighted by Crippen LogP contribution is -1.98. The maximum Gasteiger partial charge on any atom is 0.335 e. The molecule has 0 aromatic heterocycles. The highest BCUT2D eigenvalue weighted by molar-refractivity contribution is 5.89. The molecular formula is C13H20O2. The number of rotatable bonds is 7. The zero-order valence-electron chi connectivity index (χ0n) is 9.62. The van der Waals surface area contributed by atoms with Crippen LogP contribution in [0.2, 0.25) is 0 Å². The summed E-state index contributed by atoms with van der Waals surface area (Å²) < 4.78 is 0. The normalized spacial score (nSPS) is 12.7. The van der Waals surface area contributed by atoms with Gasteiger partial charge >= 0.3 is 5.97 Å². The van der Waals surface area contributed by atoms with Gasteiger partial charge in [-0.05, 0) is 18.4 Å². The Kier molecular flexibility index (Phi) is 6.43. The average molecular weight is 208 g/mol. The van der Waals surface area contributed by atoms with Gasteiger partial charge in [0.2, 0.25) is 0 Å². The van der Waals surface area contributed by atoms with E-state index in [1.165, 1.54) is 18.9 Å². The van der Waals surface area contributed by atoms with Gasteiger partial charge in [-0.1, -0.05) is 51.5 Å². The van der Waals surface area contributed by atoms with Crippen molar-refractivity contribution >= 4 is 5.97 Å². The Hall–Kier alpha value is -1.31. The van der Waals surface area contributed by atoms with E-state index in [4.69, 9.17) is 5.11 Å². The second-order valence-electron chi connectivity index (χ2n) is 3.78. The molecule has 0 heterocycles. The molecule has 0 saturated heterocycles. The van der Waals surface area contributed by atoms with E-state index in [9.17, 15) is 4.79 Å². The summed E-state index contributed by atoms with van der Waals surface area (Å²) in [6.07, 6.45) is 6.69. The quantitative estimate of drug-likeness (QED) is 0.513. The van der Waals surface area contributed by atoms with Crippen molar-refractivity contribution in [1.82, 2.24) is 0 Å². The summed E-state index contributed by atoms with van der Waals surface area (Å²) in [5, 5.41) is 8.59. The van der Waals surface area contributed by atoms with Gasteiger partial charge in [0.05, 0.1) is 5.57 Å². The summed E-state index contributed by atoms with van der Waals surface area (Å²) in [4.78, 5) is 10.5. The van der Waals surface area contributed by atoms with Crippen LogP contribution in [0.1, 0.15) is 33.1 Å².